The molecule has 0 amide bonds. The first-order chi connectivity index (χ1) is 8.18. The molecule has 1 aromatic heterocycles. The van der Waals surface area contributed by atoms with Crippen LogP contribution in [0.3, 0.4) is 0 Å². The zero-order valence-electron chi connectivity index (χ0n) is 10.3. The van der Waals surface area contributed by atoms with E-state index in [2.05, 4.69) is 5.10 Å². The lowest BCUT2D eigenvalue weighted by molar-refractivity contribution is -0.143. The van der Waals surface area contributed by atoms with E-state index in [0.717, 1.165) is 31.4 Å². The molecule has 1 fully saturated rings. The normalized spacial score (nSPS) is 18.4. The Morgan fingerprint density at radius 3 is 2.82 bits per heavy atom. The predicted octanol–water partition coefficient (Wildman–Crippen LogP) is 2.24. The highest BCUT2D eigenvalue weighted by molar-refractivity contribution is 5.70. The molecular weight excluding hydrogens is 216 g/mol. The first kappa shape index (κ1) is 12.1. The maximum absolute atomic E-state index is 11.3. The minimum atomic E-state index is -0.626. The van der Waals surface area contributed by atoms with Crippen molar-refractivity contribution in [3.63, 3.8) is 0 Å². The molecule has 1 aliphatic rings. The van der Waals surface area contributed by atoms with Crippen molar-refractivity contribution in [3.8, 4) is 0 Å². The summed E-state index contributed by atoms with van der Waals surface area (Å²) in [5.41, 5.74) is 1.12. The lowest BCUT2D eigenvalue weighted by Gasteiger charge is -2.18. The highest BCUT2D eigenvalue weighted by Gasteiger charge is 2.30. The molecule has 1 aromatic rings. The quantitative estimate of drug-likeness (QED) is 0.853. The van der Waals surface area contributed by atoms with E-state index < -0.39 is 5.97 Å². The van der Waals surface area contributed by atoms with Gasteiger partial charge in [-0.05, 0) is 37.7 Å². The van der Waals surface area contributed by atoms with E-state index in [1.807, 2.05) is 17.8 Å². The Balaban J connectivity index is 1.94. The molecular formula is C13H20N2O2. The second kappa shape index (κ2) is 5.34. The Labute approximate surface area is 102 Å². The monoisotopic (exact) mass is 236 g/mol. The smallest absolute Gasteiger partial charge is 0.306 e. The van der Waals surface area contributed by atoms with Gasteiger partial charge in [0.25, 0.3) is 0 Å². The minimum Gasteiger partial charge on any atom is -0.481 e. The van der Waals surface area contributed by atoms with Crippen LogP contribution in [-0.2, 0) is 18.3 Å². The molecule has 1 heterocycles. The van der Waals surface area contributed by atoms with Gasteiger partial charge in [-0.1, -0.05) is 12.8 Å². The average molecular weight is 236 g/mol. The van der Waals surface area contributed by atoms with Crippen molar-refractivity contribution in [2.45, 2.75) is 38.5 Å². The number of hydrogen-bond acceptors (Lipinski definition) is 2. The van der Waals surface area contributed by atoms with Gasteiger partial charge in [-0.2, -0.15) is 5.10 Å². The minimum absolute atomic E-state index is 0.174. The molecule has 0 aliphatic heterocycles. The van der Waals surface area contributed by atoms with Gasteiger partial charge in [0.2, 0.25) is 0 Å². The third-order valence-corrected chi connectivity index (χ3v) is 3.92. The van der Waals surface area contributed by atoms with Crippen molar-refractivity contribution in [2.75, 3.05) is 0 Å². The summed E-state index contributed by atoms with van der Waals surface area (Å²) < 4.78 is 1.83. The van der Waals surface area contributed by atoms with Crippen LogP contribution in [0.5, 0.6) is 0 Å². The highest BCUT2D eigenvalue weighted by Crippen LogP contribution is 2.33. The maximum atomic E-state index is 11.3. The molecule has 2 rings (SSSR count). The van der Waals surface area contributed by atoms with Gasteiger partial charge in [0.1, 0.15) is 0 Å². The molecule has 4 heteroatoms. The molecule has 1 unspecified atom stereocenters. The molecule has 1 aliphatic carbocycles. The number of carboxylic acid groups (broad SMARTS) is 1. The van der Waals surface area contributed by atoms with Gasteiger partial charge in [0.05, 0.1) is 5.92 Å². The van der Waals surface area contributed by atoms with Crippen LogP contribution in [0.4, 0.5) is 0 Å². The van der Waals surface area contributed by atoms with Crippen molar-refractivity contribution < 1.29 is 9.90 Å². The van der Waals surface area contributed by atoms with Crippen LogP contribution < -0.4 is 0 Å². The summed E-state index contributed by atoms with van der Waals surface area (Å²) in [6, 6.07) is 1.97. The molecule has 0 saturated heterocycles. The molecule has 0 aromatic carbocycles. The number of hydrogen-bond donors (Lipinski definition) is 1. The van der Waals surface area contributed by atoms with Gasteiger partial charge in [0.15, 0.2) is 0 Å². The molecule has 0 bridgehead atoms. The molecule has 0 radical (unpaired) electrons. The molecule has 1 N–H and O–H groups in total. The molecule has 94 valence electrons. The zero-order valence-corrected chi connectivity index (χ0v) is 10.3. The number of aromatic nitrogens is 2. The van der Waals surface area contributed by atoms with E-state index in [-0.39, 0.29) is 5.92 Å². The van der Waals surface area contributed by atoms with Crippen LogP contribution in [-0.4, -0.2) is 20.9 Å². The summed E-state index contributed by atoms with van der Waals surface area (Å²) in [6.07, 6.45) is 7.87. The van der Waals surface area contributed by atoms with Gasteiger partial charge in [-0.25, -0.2) is 0 Å². The van der Waals surface area contributed by atoms with Crippen molar-refractivity contribution in [1.82, 2.24) is 9.78 Å². The van der Waals surface area contributed by atoms with Crippen molar-refractivity contribution in [2.24, 2.45) is 18.9 Å². The van der Waals surface area contributed by atoms with E-state index >= 15 is 0 Å². The Bertz CT molecular complexity index is 381. The number of nitrogens with zero attached hydrogens (tertiary/aromatic N) is 2. The first-order valence-corrected chi connectivity index (χ1v) is 6.38. The number of aryl methyl sites for hydroxylation is 2. The molecule has 17 heavy (non-hydrogen) atoms. The molecule has 1 atom stereocenters. The van der Waals surface area contributed by atoms with Gasteiger partial charge in [0, 0.05) is 18.9 Å². The second-order valence-electron chi connectivity index (χ2n) is 4.97. The van der Waals surface area contributed by atoms with E-state index in [0.29, 0.717) is 5.92 Å². The maximum Gasteiger partial charge on any atom is 0.306 e. The van der Waals surface area contributed by atoms with Gasteiger partial charge < -0.3 is 5.11 Å². The van der Waals surface area contributed by atoms with Gasteiger partial charge in [-0.15, -0.1) is 0 Å². The third kappa shape index (κ3) is 2.87. The largest absolute Gasteiger partial charge is 0.481 e. The number of carboxylic acids is 1. The van der Waals surface area contributed by atoms with E-state index in [1.165, 1.54) is 12.8 Å². The van der Waals surface area contributed by atoms with Crippen LogP contribution in [0.25, 0.3) is 0 Å². The summed E-state index contributed by atoms with van der Waals surface area (Å²) in [5.74, 6) is -0.410. The Morgan fingerprint density at radius 2 is 2.29 bits per heavy atom. The fourth-order valence-corrected chi connectivity index (χ4v) is 2.87. The summed E-state index contributed by atoms with van der Waals surface area (Å²) in [7, 11) is 1.90. The van der Waals surface area contributed by atoms with Crippen LogP contribution in [0.15, 0.2) is 12.3 Å². The summed E-state index contributed by atoms with van der Waals surface area (Å²) >= 11 is 0. The van der Waals surface area contributed by atoms with Crippen molar-refractivity contribution in [1.29, 1.82) is 0 Å². The molecule has 1 saturated carbocycles. The average Bonchev–Trinajstić information content (AvgIpc) is 2.91. The Morgan fingerprint density at radius 1 is 1.59 bits per heavy atom. The summed E-state index contributed by atoms with van der Waals surface area (Å²) in [6.45, 7) is 0. The molecule has 4 nitrogen and oxygen atoms in total. The lowest BCUT2D eigenvalue weighted by Crippen LogP contribution is -2.22. The topological polar surface area (TPSA) is 55.1 Å². The summed E-state index contributed by atoms with van der Waals surface area (Å²) in [4.78, 5) is 11.3. The van der Waals surface area contributed by atoms with E-state index in [1.54, 1.807) is 6.20 Å². The standard InChI is InChI=1S/C13H20N2O2/c1-15-11(8-9-14-15)6-7-12(13(16)17)10-4-2-3-5-10/h8-10,12H,2-7H2,1H3,(H,16,17). The zero-order chi connectivity index (χ0) is 12.3. The number of rotatable bonds is 5. The Hall–Kier alpha value is -1.32. The van der Waals surface area contributed by atoms with E-state index in [9.17, 15) is 9.90 Å². The molecule has 0 spiro atoms. The number of carbonyl (C=O) groups is 1. The van der Waals surface area contributed by atoms with Crippen LogP contribution in [0.1, 0.15) is 37.8 Å². The van der Waals surface area contributed by atoms with Crippen LogP contribution >= 0.6 is 0 Å². The van der Waals surface area contributed by atoms with Crippen molar-refractivity contribution >= 4 is 5.97 Å². The summed E-state index contributed by atoms with van der Waals surface area (Å²) in [5, 5.41) is 13.4. The highest BCUT2D eigenvalue weighted by atomic mass is 16.4. The second-order valence-corrected chi connectivity index (χ2v) is 4.97. The van der Waals surface area contributed by atoms with Crippen LogP contribution in [0.2, 0.25) is 0 Å². The Kier molecular flexibility index (Phi) is 3.82. The van der Waals surface area contributed by atoms with E-state index in [4.69, 9.17) is 0 Å². The van der Waals surface area contributed by atoms with Gasteiger partial charge in [-0.3, -0.25) is 9.48 Å². The SMILES string of the molecule is Cn1nccc1CCC(C(=O)O)C1CCCC1. The first-order valence-electron chi connectivity index (χ1n) is 6.38. The van der Waals surface area contributed by atoms with Crippen molar-refractivity contribution in [3.05, 3.63) is 18.0 Å². The number of aliphatic carboxylic acids is 1. The fourth-order valence-electron chi connectivity index (χ4n) is 2.87. The fraction of sp³-hybridized carbons (Fsp3) is 0.692. The predicted molar refractivity (Wildman–Crippen MR) is 64.6 cm³/mol. The van der Waals surface area contributed by atoms with Crippen LogP contribution in [0, 0.1) is 11.8 Å². The lowest BCUT2D eigenvalue weighted by atomic mass is 9.87. The van der Waals surface area contributed by atoms with Gasteiger partial charge >= 0.3 is 5.97 Å². The third-order valence-electron chi connectivity index (χ3n) is 3.92.